The predicted molar refractivity (Wildman–Crippen MR) is 77.5 cm³/mol. The fourth-order valence-electron chi connectivity index (χ4n) is 1.81. The second kappa shape index (κ2) is 8.07. The van der Waals surface area contributed by atoms with Crippen LogP contribution in [-0.2, 0) is 16.0 Å². The molecular weight excluding hydrogens is 319 g/mol. The Bertz CT molecular complexity index is 534. The van der Waals surface area contributed by atoms with E-state index in [-0.39, 0.29) is 13.0 Å². The van der Waals surface area contributed by atoms with Gasteiger partial charge in [-0.2, -0.15) is 13.2 Å². The van der Waals surface area contributed by atoms with E-state index in [9.17, 15) is 22.8 Å². The summed E-state index contributed by atoms with van der Waals surface area (Å²) in [6.45, 7) is 1.66. The van der Waals surface area contributed by atoms with Crippen LogP contribution in [0.25, 0.3) is 0 Å². The highest BCUT2D eigenvalue weighted by Gasteiger charge is 2.29. The lowest BCUT2D eigenvalue weighted by molar-refractivity contribution is -0.141. The minimum Gasteiger partial charge on any atom is -0.481 e. The van der Waals surface area contributed by atoms with E-state index in [1.54, 1.807) is 12.1 Å². The first kappa shape index (κ1) is 18.3. The van der Waals surface area contributed by atoms with E-state index in [2.05, 4.69) is 5.32 Å². The van der Waals surface area contributed by atoms with Gasteiger partial charge < -0.3 is 10.4 Å². The molecule has 8 heteroatoms. The van der Waals surface area contributed by atoms with Gasteiger partial charge in [0, 0.05) is 6.54 Å². The molecule has 0 aromatic heterocycles. The largest absolute Gasteiger partial charge is 0.481 e. The first-order chi connectivity index (χ1) is 10.2. The van der Waals surface area contributed by atoms with Gasteiger partial charge in [-0.3, -0.25) is 9.59 Å². The number of hydrogen-bond acceptors (Lipinski definition) is 3. The fraction of sp³-hybridized carbons (Fsp3) is 0.429. The molecule has 22 heavy (non-hydrogen) atoms. The number of rotatable bonds is 7. The number of amides is 1. The van der Waals surface area contributed by atoms with E-state index < -0.39 is 40.8 Å². The van der Waals surface area contributed by atoms with Gasteiger partial charge >= 0.3 is 11.5 Å². The Morgan fingerprint density at radius 2 is 2.05 bits per heavy atom. The summed E-state index contributed by atoms with van der Waals surface area (Å²) < 4.78 is 35.9. The molecule has 1 amide bonds. The molecule has 1 aromatic carbocycles. The number of carbonyl (C=O) groups excluding carboxylic acids is 1. The lowest BCUT2D eigenvalue weighted by Crippen LogP contribution is -2.35. The first-order valence-electron chi connectivity index (χ1n) is 6.43. The number of halogens is 3. The zero-order valence-electron chi connectivity index (χ0n) is 11.8. The number of aliphatic carboxylic acids is 1. The van der Waals surface area contributed by atoms with E-state index in [1.165, 1.54) is 0 Å². The minimum atomic E-state index is -4.48. The van der Waals surface area contributed by atoms with Gasteiger partial charge in [-0.15, -0.1) is 0 Å². The third-order valence-electron chi connectivity index (χ3n) is 2.83. The van der Waals surface area contributed by atoms with Crippen molar-refractivity contribution < 1.29 is 27.9 Å². The second-order valence-electron chi connectivity index (χ2n) is 4.77. The molecule has 1 atom stereocenters. The van der Waals surface area contributed by atoms with Crippen molar-refractivity contribution in [1.29, 1.82) is 0 Å². The molecule has 1 aromatic rings. The predicted octanol–water partition coefficient (Wildman–Crippen LogP) is 2.61. The Kier molecular flexibility index (Phi) is 6.73. The third-order valence-corrected chi connectivity index (χ3v) is 3.56. The Balaban J connectivity index is 2.51. The highest BCUT2D eigenvalue weighted by Crippen LogP contribution is 2.29. The molecule has 0 aliphatic heterocycles. The molecule has 1 rings (SSSR count). The van der Waals surface area contributed by atoms with Gasteiger partial charge in [0.15, 0.2) is 0 Å². The Labute approximate surface area is 130 Å². The first-order valence-corrected chi connectivity index (χ1v) is 7.41. The average molecular weight is 335 g/mol. The molecule has 0 aliphatic rings. The minimum absolute atomic E-state index is 0.198. The molecule has 0 radical (unpaired) electrons. The van der Waals surface area contributed by atoms with Gasteiger partial charge in [-0.25, -0.2) is 0 Å². The van der Waals surface area contributed by atoms with Gasteiger partial charge in [-0.05, 0) is 30.7 Å². The Morgan fingerprint density at radius 3 is 2.59 bits per heavy atom. The maximum absolute atomic E-state index is 12.0. The normalized spacial score (nSPS) is 12.7. The summed E-state index contributed by atoms with van der Waals surface area (Å²) in [6.07, 6.45) is 0.198. The molecule has 0 saturated carbocycles. The van der Waals surface area contributed by atoms with Crippen LogP contribution in [-0.4, -0.2) is 34.8 Å². The smallest absolute Gasteiger partial charge is 0.442 e. The van der Waals surface area contributed by atoms with Crippen LogP contribution >= 0.6 is 11.8 Å². The quantitative estimate of drug-likeness (QED) is 0.804. The summed E-state index contributed by atoms with van der Waals surface area (Å²) in [5, 5.41) is 11.4. The Morgan fingerprint density at radius 1 is 1.36 bits per heavy atom. The van der Waals surface area contributed by atoms with Crippen molar-refractivity contribution in [3.63, 3.8) is 0 Å². The number of hydrogen-bond donors (Lipinski definition) is 2. The van der Waals surface area contributed by atoms with Crippen molar-refractivity contribution in [1.82, 2.24) is 5.32 Å². The van der Waals surface area contributed by atoms with E-state index in [0.717, 1.165) is 11.1 Å². The molecule has 1 unspecified atom stereocenters. The molecule has 4 nitrogen and oxygen atoms in total. The number of benzene rings is 1. The van der Waals surface area contributed by atoms with Crippen LogP contribution in [0.1, 0.15) is 11.1 Å². The summed E-state index contributed by atoms with van der Waals surface area (Å²) in [7, 11) is 0. The van der Waals surface area contributed by atoms with Gasteiger partial charge in [0.1, 0.15) is 0 Å². The molecule has 0 spiro atoms. The van der Waals surface area contributed by atoms with Crippen LogP contribution < -0.4 is 5.32 Å². The van der Waals surface area contributed by atoms with Crippen molar-refractivity contribution in [3.05, 3.63) is 35.4 Å². The topological polar surface area (TPSA) is 66.4 Å². The molecule has 0 heterocycles. The van der Waals surface area contributed by atoms with Crippen LogP contribution in [0.3, 0.4) is 0 Å². The van der Waals surface area contributed by atoms with Crippen molar-refractivity contribution in [2.45, 2.75) is 18.9 Å². The highest BCUT2D eigenvalue weighted by molar-refractivity contribution is 8.00. The number of alkyl halides is 3. The number of carboxylic acid groups (broad SMARTS) is 1. The zero-order valence-corrected chi connectivity index (χ0v) is 12.6. The number of thioether (sulfide) groups is 1. The third kappa shape index (κ3) is 7.35. The lowest BCUT2D eigenvalue weighted by atomic mass is 9.98. The van der Waals surface area contributed by atoms with Crippen LogP contribution in [0, 0.1) is 12.8 Å². The van der Waals surface area contributed by atoms with Crippen molar-refractivity contribution >= 4 is 23.6 Å². The molecule has 2 N–H and O–H groups in total. The maximum atomic E-state index is 12.0. The molecule has 0 saturated heterocycles. The van der Waals surface area contributed by atoms with Crippen LogP contribution in [0.15, 0.2) is 24.3 Å². The van der Waals surface area contributed by atoms with Crippen LogP contribution in [0.2, 0.25) is 0 Å². The molecular formula is C14H16F3NO3S. The average Bonchev–Trinajstić information content (AvgIpc) is 2.40. The molecule has 0 bridgehead atoms. The number of aryl methyl sites for hydroxylation is 1. The molecule has 0 fully saturated rings. The van der Waals surface area contributed by atoms with E-state index in [0.29, 0.717) is 0 Å². The highest BCUT2D eigenvalue weighted by atomic mass is 32.2. The summed E-state index contributed by atoms with van der Waals surface area (Å²) in [5.41, 5.74) is -2.70. The standard InChI is InChI=1S/C14H16F3NO3S/c1-9-3-2-4-10(5-9)6-11(13(20)21)7-18-12(19)8-22-14(15,16)17/h2-5,11H,6-8H2,1H3,(H,18,19)(H,20,21). The summed E-state index contributed by atoms with van der Waals surface area (Å²) in [4.78, 5) is 22.5. The number of nitrogens with one attached hydrogen (secondary N) is 1. The molecule has 122 valence electrons. The van der Waals surface area contributed by atoms with Crippen molar-refractivity contribution in [2.75, 3.05) is 12.3 Å². The fourth-order valence-corrected chi connectivity index (χ4v) is 2.20. The van der Waals surface area contributed by atoms with Crippen LogP contribution in [0.5, 0.6) is 0 Å². The zero-order chi connectivity index (χ0) is 16.8. The van der Waals surface area contributed by atoms with Crippen molar-refractivity contribution in [2.24, 2.45) is 5.92 Å². The van der Waals surface area contributed by atoms with Crippen LogP contribution in [0.4, 0.5) is 13.2 Å². The lowest BCUT2D eigenvalue weighted by Gasteiger charge is -2.14. The maximum Gasteiger partial charge on any atom is 0.442 e. The number of carboxylic acids is 1. The van der Waals surface area contributed by atoms with Crippen molar-refractivity contribution in [3.8, 4) is 0 Å². The monoisotopic (exact) mass is 335 g/mol. The SMILES string of the molecule is Cc1cccc(CC(CNC(=O)CSC(F)(F)F)C(=O)O)c1. The van der Waals surface area contributed by atoms with Gasteiger partial charge in [0.25, 0.3) is 0 Å². The van der Waals surface area contributed by atoms with E-state index in [4.69, 9.17) is 5.11 Å². The summed E-state index contributed by atoms with van der Waals surface area (Å²) in [6, 6.07) is 7.26. The van der Waals surface area contributed by atoms with Gasteiger partial charge in [0.05, 0.1) is 11.7 Å². The summed E-state index contributed by atoms with van der Waals surface area (Å²) >= 11 is -0.452. The summed E-state index contributed by atoms with van der Waals surface area (Å²) in [5.74, 6) is -3.61. The Hall–Kier alpha value is -1.70. The van der Waals surface area contributed by atoms with Gasteiger partial charge in [-0.1, -0.05) is 29.8 Å². The number of carbonyl (C=O) groups is 2. The van der Waals surface area contributed by atoms with E-state index in [1.807, 2.05) is 19.1 Å². The van der Waals surface area contributed by atoms with E-state index >= 15 is 0 Å². The van der Waals surface area contributed by atoms with Gasteiger partial charge in [0.2, 0.25) is 5.91 Å². The molecule has 0 aliphatic carbocycles. The second-order valence-corrected chi connectivity index (χ2v) is 5.81.